The van der Waals surface area contributed by atoms with Crippen LogP contribution in [0.3, 0.4) is 0 Å². The van der Waals surface area contributed by atoms with Crippen LogP contribution in [-0.2, 0) is 40.4 Å². The Morgan fingerprint density at radius 2 is 1.83 bits per heavy atom. The number of pyridine rings is 1. The zero-order valence-electron chi connectivity index (χ0n) is 33.4. The molecule has 0 bridgehead atoms. The third-order valence-electron chi connectivity index (χ3n) is 12.1. The SMILES string of the molecule is Cc1nc2ccc(OC(F)(F)F)cc2c2c1O[C@]1(CC2)C[C@H]2C(=O)N[C@]3(C(=O)NS(=O)(=O)C4(C)CC4)C[C@H]3/C=C\CCCCC[C@H](CC(=O)OC(C)(C)C)C(=O)N2C1. The van der Waals surface area contributed by atoms with E-state index < -0.39 is 85.2 Å². The molecule has 5 aliphatic rings. The van der Waals surface area contributed by atoms with Gasteiger partial charge in [-0.3, -0.25) is 23.9 Å². The second-order valence-electron chi connectivity index (χ2n) is 17.9. The lowest BCUT2D eigenvalue weighted by atomic mass is 9.87. The average Bonchev–Trinajstić information content (AvgIpc) is 4.00. The number of halogens is 3. The molecule has 7 rings (SSSR count). The maximum Gasteiger partial charge on any atom is 0.573 e. The number of esters is 1. The number of nitrogens with zero attached hydrogens (tertiary/aromatic N) is 2. The number of nitrogens with one attached hydrogen (secondary N) is 2. The van der Waals surface area contributed by atoms with Crippen molar-refractivity contribution < 1.29 is 55.0 Å². The van der Waals surface area contributed by atoms with Crippen LogP contribution in [-0.4, -0.2) is 82.4 Å². The number of aryl methyl sites for hydroxylation is 2. The number of rotatable bonds is 6. The molecule has 13 nitrogen and oxygen atoms in total. The Balaban J connectivity index is 1.24. The van der Waals surface area contributed by atoms with Crippen molar-refractivity contribution in [2.45, 2.75) is 146 Å². The van der Waals surface area contributed by atoms with Crippen LogP contribution in [0.25, 0.3) is 10.9 Å². The molecule has 58 heavy (non-hydrogen) atoms. The number of hydrogen-bond donors (Lipinski definition) is 2. The van der Waals surface area contributed by atoms with Gasteiger partial charge in [0.2, 0.25) is 21.8 Å². The van der Waals surface area contributed by atoms with Gasteiger partial charge in [0.05, 0.1) is 28.9 Å². The van der Waals surface area contributed by atoms with Crippen molar-refractivity contribution in [3.8, 4) is 11.5 Å². The number of benzene rings is 1. The molecule has 2 saturated carbocycles. The molecule has 2 N–H and O–H groups in total. The standard InChI is InChI=1S/C41H51F3N4O9S/c1-24-33-28(29-20-27(55-41(42,43)44)13-14-30(29)45-24)15-16-39(57-33)22-31-34(50)46-40(36(52)47-58(53,54)38(5)17-18-38)21-26(40)12-10-8-6-7-9-11-25(35(51)48(31)23-39)19-32(49)56-37(2,3)4/h10,12-14,20,25-26,31H,6-9,11,15-19,21-23H2,1-5H3,(H,46,50)(H,47,52)/b12-10-/t25-,26-,31+,39-,40-/m1/s1. The van der Waals surface area contributed by atoms with Crippen molar-refractivity contribution in [1.29, 1.82) is 0 Å². The average molecular weight is 833 g/mol. The molecular weight excluding hydrogens is 782 g/mol. The quantitative estimate of drug-likeness (QED) is 0.266. The first-order valence-corrected chi connectivity index (χ1v) is 21.5. The van der Waals surface area contributed by atoms with Gasteiger partial charge in [-0.15, -0.1) is 13.2 Å². The lowest BCUT2D eigenvalue weighted by Crippen LogP contribution is -2.57. The number of alkyl halides is 3. The molecule has 3 fully saturated rings. The predicted molar refractivity (Wildman–Crippen MR) is 205 cm³/mol. The monoisotopic (exact) mass is 832 g/mol. The van der Waals surface area contributed by atoms with Gasteiger partial charge in [0.1, 0.15) is 34.3 Å². The number of carbonyl (C=O) groups is 4. The van der Waals surface area contributed by atoms with E-state index in [1.807, 2.05) is 12.2 Å². The zero-order valence-corrected chi connectivity index (χ0v) is 34.2. The van der Waals surface area contributed by atoms with E-state index in [-0.39, 0.29) is 32.2 Å². The summed E-state index contributed by atoms with van der Waals surface area (Å²) in [7, 11) is -4.04. The van der Waals surface area contributed by atoms with Crippen molar-refractivity contribution in [3.05, 3.63) is 41.6 Å². The van der Waals surface area contributed by atoms with Crippen LogP contribution in [0.5, 0.6) is 11.5 Å². The van der Waals surface area contributed by atoms with E-state index >= 15 is 0 Å². The third-order valence-corrected chi connectivity index (χ3v) is 14.3. The summed E-state index contributed by atoms with van der Waals surface area (Å²) < 4.78 is 83.6. The Bertz CT molecular complexity index is 2170. The van der Waals surface area contributed by atoms with Crippen molar-refractivity contribution in [1.82, 2.24) is 19.9 Å². The van der Waals surface area contributed by atoms with E-state index in [2.05, 4.69) is 19.8 Å². The molecule has 0 radical (unpaired) electrons. The van der Waals surface area contributed by atoms with Gasteiger partial charge in [-0.05, 0) is 104 Å². The van der Waals surface area contributed by atoms with Crippen molar-refractivity contribution >= 4 is 44.6 Å². The Morgan fingerprint density at radius 3 is 2.52 bits per heavy atom. The number of aromatic nitrogens is 1. The molecule has 2 aromatic rings. The highest BCUT2D eigenvalue weighted by Gasteiger charge is 2.64. The number of carbonyl (C=O) groups excluding carboxylic acids is 4. The minimum absolute atomic E-state index is 0.0214. The highest BCUT2D eigenvalue weighted by molar-refractivity contribution is 7.91. The first-order valence-electron chi connectivity index (χ1n) is 20.0. The second-order valence-corrected chi connectivity index (χ2v) is 20.1. The lowest BCUT2D eigenvalue weighted by molar-refractivity contribution is -0.274. The minimum Gasteiger partial charge on any atom is -0.483 e. The van der Waals surface area contributed by atoms with Crippen molar-refractivity contribution in [3.63, 3.8) is 0 Å². The maximum atomic E-state index is 14.8. The highest BCUT2D eigenvalue weighted by atomic mass is 32.2. The molecular formula is C41H51F3N4O9S. The Labute approximate surface area is 335 Å². The summed E-state index contributed by atoms with van der Waals surface area (Å²) >= 11 is 0. The summed E-state index contributed by atoms with van der Waals surface area (Å²) in [5, 5.41) is 3.29. The number of fused-ring (bicyclic) bond motifs is 5. The molecule has 3 amide bonds. The molecule has 0 unspecified atom stereocenters. The van der Waals surface area contributed by atoms with Crippen LogP contribution in [0.1, 0.15) is 110 Å². The topological polar surface area (TPSA) is 170 Å². The Hall–Kier alpha value is -4.41. The minimum atomic E-state index is -4.90. The molecule has 1 aromatic carbocycles. The van der Waals surface area contributed by atoms with Crippen molar-refractivity contribution in [2.75, 3.05) is 6.54 Å². The van der Waals surface area contributed by atoms with Crippen LogP contribution >= 0.6 is 0 Å². The van der Waals surface area contributed by atoms with E-state index in [9.17, 15) is 40.8 Å². The van der Waals surface area contributed by atoms with Crippen LogP contribution in [0.4, 0.5) is 13.2 Å². The lowest BCUT2D eigenvalue weighted by Gasteiger charge is -2.36. The normalized spacial score (nSPS) is 29.1. The summed E-state index contributed by atoms with van der Waals surface area (Å²) in [6.07, 6.45) is 3.30. The number of ether oxygens (including phenoxy) is 3. The zero-order chi connectivity index (χ0) is 42.1. The van der Waals surface area contributed by atoms with Gasteiger partial charge in [-0.1, -0.05) is 25.0 Å². The largest absolute Gasteiger partial charge is 0.573 e. The molecule has 5 atom stereocenters. The molecule has 4 heterocycles. The van der Waals surface area contributed by atoms with Gasteiger partial charge in [0.15, 0.2) is 0 Å². The van der Waals surface area contributed by atoms with E-state index in [0.717, 1.165) is 12.8 Å². The fourth-order valence-corrected chi connectivity index (χ4v) is 9.90. The summed E-state index contributed by atoms with van der Waals surface area (Å²) in [6, 6.07) is 2.71. The second kappa shape index (κ2) is 14.7. The molecule has 3 aliphatic heterocycles. The predicted octanol–water partition coefficient (Wildman–Crippen LogP) is 5.85. The van der Waals surface area contributed by atoms with Crippen LogP contribution in [0.2, 0.25) is 0 Å². The summed E-state index contributed by atoms with van der Waals surface area (Å²) in [4.78, 5) is 62.6. The number of sulfonamides is 1. The summed E-state index contributed by atoms with van der Waals surface area (Å²) in [5.41, 5.74) is -2.03. The highest BCUT2D eigenvalue weighted by Crippen LogP contribution is 2.49. The van der Waals surface area contributed by atoms with E-state index in [4.69, 9.17) is 9.47 Å². The number of amides is 3. The van der Waals surface area contributed by atoms with Crippen LogP contribution in [0, 0.1) is 18.8 Å². The molecule has 1 aromatic heterocycles. The van der Waals surface area contributed by atoms with Crippen molar-refractivity contribution in [2.24, 2.45) is 11.8 Å². The molecule has 1 spiro atoms. The molecule has 2 aliphatic carbocycles. The Morgan fingerprint density at radius 1 is 1.09 bits per heavy atom. The van der Waals surface area contributed by atoms with Gasteiger partial charge in [-0.2, -0.15) is 0 Å². The van der Waals surface area contributed by atoms with Gasteiger partial charge >= 0.3 is 12.3 Å². The molecule has 316 valence electrons. The fourth-order valence-electron chi connectivity index (χ4n) is 8.58. The fraction of sp³-hybridized carbons (Fsp3) is 0.634. The molecule has 1 saturated heterocycles. The van der Waals surface area contributed by atoms with Gasteiger partial charge < -0.3 is 24.4 Å². The third kappa shape index (κ3) is 8.51. The number of hydrogen-bond acceptors (Lipinski definition) is 10. The number of allylic oxidation sites excluding steroid dienone is 1. The molecule has 17 heteroatoms. The first-order chi connectivity index (χ1) is 27.0. The van der Waals surface area contributed by atoms with Gasteiger partial charge in [0.25, 0.3) is 5.91 Å². The van der Waals surface area contributed by atoms with E-state index in [1.165, 1.54) is 23.1 Å². The van der Waals surface area contributed by atoms with Crippen LogP contribution < -0.4 is 19.5 Å². The van der Waals surface area contributed by atoms with Gasteiger partial charge in [0, 0.05) is 29.2 Å². The Kier molecular flexibility index (Phi) is 10.6. The maximum absolute atomic E-state index is 14.8. The van der Waals surface area contributed by atoms with Gasteiger partial charge in [-0.25, -0.2) is 13.4 Å². The van der Waals surface area contributed by atoms with E-state index in [1.54, 1.807) is 34.6 Å². The smallest absolute Gasteiger partial charge is 0.483 e. The summed E-state index contributed by atoms with van der Waals surface area (Å²) in [5.74, 6) is -3.95. The first kappa shape index (κ1) is 41.7. The van der Waals surface area contributed by atoms with E-state index in [0.29, 0.717) is 66.4 Å². The summed E-state index contributed by atoms with van der Waals surface area (Å²) in [6.45, 7) is 8.40. The van der Waals surface area contributed by atoms with Crippen LogP contribution in [0.15, 0.2) is 30.4 Å².